The van der Waals surface area contributed by atoms with Gasteiger partial charge in [-0.25, -0.2) is 4.98 Å². The number of carbonyl (C=O) groups excluding carboxylic acids is 1. The number of hydrogen-bond acceptors (Lipinski definition) is 5. The molecule has 0 bridgehead atoms. The average Bonchev–Trinajstić information content (AvgIpc) is 3.20. The van der Waals surface area contributed by atoms with Gasteiger partial charge >= 0.3 is 0 Å². The maximum absolute atomic E-state index is 12.2. The van der Waals surface area contributed by atoms with Crippen molar-refractivity contribution in [2.75, 3.05) is 13.2 Å². The van der Waals surface area contributed by atoms with Crippen molar-refractivity contribution in [3.8, 4) is 10.6 Å². The van der Waals surface area contributed by atoms with Crippen molar-refractivity contribution in [2.24, 2.45) is 5.41 Å². The molecule has 0 spiro atoms. The number of thiazole rings is 1. The number of amides is 1. The Labute approximate surface area is 132 Å². The summed E-state index contributed by atoms with van der Waals surface area (Å²) < 4.78 is 0. The number of nitrogens with zero attached hydrogens (tertiary/aromatic N) is 1. The topological polar surface area (TPSA) is 62.2 Å². The fourth-order valence-corrected chi connectivity index (χ4v) is 3.55. The average molecular weight is 324 g/mol. The van der Waals surface area contributed by atoms with Crippen LogP contribution in [0.2, 0.25) is 0 Å². The van der Waals surface area contributed by atoms with Gasteiger partial charge in [-0.15, -0.1) is 11.3 Å². The van der Waals surface area contributed by atoms with E-state index in [1.54, 1.807) is 16.7 Å². The van der Waals surface area contributed by atoms with E-state index in [9.17, 15) is 9.90 Å². The minimum atomic E-state index is -0.234. The first-order chi connectivity index (χ1) is 10.1. The molecule has 0 saturated heterocycles. The summed E-state index contributed by atoms with van der Waals surface area (Å²) in [6, 6.07) is 2.00. The van der Waals surface area contributed by atoms with Gasteiger partial charge in [0.1, 0.15) is 10.7 Å². The summed E-state index contributed by atoms with van der Waals surface area (Å²) in [5.74, 6) is -0.174. The molecule has 2 aromatic heterocycles. The molecule has 114 valence electrons. The molecule has 2 N–H and O–H groups in total. The molecule has 2 aromatic rings. The SMILES string of the molecule is CCC(CC)(CO)CNC(=O)c1csc(-c2ccsc2)n1. The van der Waals surface area contributed by atoms with Crippen molar-refractivity contribution in [1.29, 1.82) is 0 Å². The van der Waals surface area contributed by atoms with Crippen LogP contribution in [0.1, 0.15) is 37.2 Å². The summed E-state index contributed by atoms with van der Waals surface area (Å²) in [5, 5.41) is 19.1. The van der Waals surface area contributed by atoms with Gasteiger partial charge in [-0.05, 0) is 24.3 Å². The van der Waals surface area contributed by atoms with Crippen LogP contribution in [0.4, 0.5) is 0 Å². The van der Waals surface area contributed by atoms with E-state index in [1.165, 1.54) is 11.3 Å². The fourth-order valence-electron chi connectivity index (χ4n) is 2.03. The number of carbonyl (C=O) groups is 1. The summed E-state index contributed by atoms with van der Waals surface area (Å²) >= 11 is 3.08. The first-order valence-corrected chi connectivity index (χ1v) is 8.83. The zero-order valence-electron chi connectivity index (χ0n) is 12.3. The molecule has 0 aliphatic heterocycles. The highest BCUT2D eigenvalue weighted by atomic mass is 32.1. The van der Waals surface area contributed by atoms with Crippen LogP contribution in [0.15, 0.2) is 22.2 Å². The van der Waals surface area contributed by atoms with Crippen molar-refractivity contribution < 1.29 is 9.90 Å². The van der Waals surface area contributed by atoms with Gasteiger partial charge in [-0.3, -0.25) is 4.79 Å². The number of hydrogen-bond donors (Lipinski definition) is 2. The molecule has 4 nitrogen and oxygen atoms in total. The lowest BCUT2D eigenvalue weighted by molar-refractivity contribution is 0.0847. The quantitative estimate of drug-likeness (QED) is 0.820. The Morgan fingerprint density at radius 3 is 2.71 bits per heavy atom. The lowest BCUT2D eigenvalue weighted by Gasteiger charge is -2.29. The highest BCUT2D eigenvalue weighted by Crippen LogP contribution is 2.26. The van der Waals surface area contributed by atoms with Crippen LogP contribution in [0.5, 0.6) is 0 Å². The van der Waals surface area contributed by atoms with E-state index in [2.05, 4.69) is 10.3 Å². The summed E-state index contributed by atoms with van der Waals surface area (Å²) in [5.41, 5.74) is 1.26. The molecule has 0 aromatic carbocycles. The maximum atomic E-state index is 12.2. The van der Waals surface area contributed by atoms with Gasteiger partial charge in [0.2, 0.25) is 0 Å². The van der Waals surface area contributed by atoms with E-state index >= 15 is 0 Å². The van der Waals surface area contributed by atoms with E-state index in [0.29, 0.717) is 12.2 Å². The molecule has 2 heterocycles. The fraction of sp³-hybridized carbons (Fsp3) is 0.467. The number of aromatic nitrogens is 1. The van der Waals surface area contributed by atoms with Crippen molar-refractivity contribution in [1.82, 2.24) is 10.3 Å². The summed E-state index contributed by atoms with van der Waals surface area (Å²) in [6.07, 6.45) is 1.66. The molecular weight excluding hydrogens is 304 g/mol. The van der Waals surface area contributed by atoms with Gasteiger partial charge in [0.25, 0.3) is 5.91 Å². The summed E-state index contributed by atoms with van der Waals surface area (Å²) in [7, 11) is 0. The number of aliphatic hydroxyl groups is 1. The summed E-state index contributed by atoms with van der Waals surface area (Å²) in [6.45, 7) is 4.62. The second-order valence-electron chi connectivity index (χ2n) is 5.10. The Balaban J connectivity index is 2.01. The van der Waals surface area contributed by atoms with Crippen LogP contribution >= 0.6 is 22.7 Å². The monoisotopic (exact) mass is 324 g/mol. The lowest BCUT2D eigenvalue weighted by atomic mass is 9.83. The molecule has 6 heteroatoms. The standard InChI is InChI=1S/C15H20N2O2S2/c1-3-15(4-2,10-18)9-16-13(19)12-8-21-14(17-12)11-5-6-20-7-11/h5-8,18H,3-4,9-10H2,1-2H3,(H,16,19). The zero-order valence-corrected chi connectivity index (χ0v) is 13.9. The van der Waals surface area contributed by atoms with Crippen molar-refractivity contribution >= 4 is 28.6 Å². The highest BCUT2D eigenvalue weighted by molar-refractivity contribution is 7.14. The van der Waals surface area contributed by atoms with Gasteiger partial charge < -0.3 is 10.4 Å². The molecule has 1 amide bonds. The van der Waals surface area contributed by atoms with Crippen molar-refractivity contribution in [3.63, 3.8) is 0 Å². The van der Waals surface area contributed by atoms with Crippen LogP contribution in [-0.4, -0.2) is 29.1 Å². The predicted molar refractivity (Wildman–Crippen MR) is 87.9 cm³/mol. The minimum absolute atomic E-state index is 0.0809. The van der Waals surface area contributed by atoms with E-state index in [-0.39, 0.29) is 17.9 Å². The molecule has 0 aliphatic carbocycles. The maximum Gasteiger partial charge on any atom is 0.270 e. The lowest BCUT2D eigenvalue weighted by Crippen LogP contribution is -2.39. The number of thiophene rings is 1. The third-order valence-corrected chi connectivity index (χ3v) is 5.54. The summed E-state index contributed by atoms with van der Waals surface area (Å²) in [4.78, 5) is 16.6. The van der Waals surface area contributed by atoms with E-state index < -0.39 is 0 Å². The van der Waals surface area contributed by atoms with Crippen LogP contribution in [0, 0.1) is 5.41 Å². The first-order valence-electron chi connectivity index (χ1n) is 7.01. The normalized spacial score (nSPS) is 11.6. The zero-order chi connectivity index (χ0) is 15.3. The predicted octanol–water partition coefficient (Wildman–Crippen LogP) is 3.40. The Hall–Kier alpha value is -1.24. The van der Waals surface area contributed by atoms with Crippen LogP contribution < -0.4 is 5.32 Å². The van der Waals surface area contributed by atoms with E-state index in [0.717, 1.165) is 23.4 Å². The molecule has 0 aliphatic rings. The number of aliphatic hydroxyl groups excluding tert-OH is 1. The molecule has 0 fully saturated rings. The van der Waals surface area contributed by atoms with E-state index in [1.807, 2.05) is 30.7 Å². The third kappa shape index (κ3) is 3.70. The Morgan fingerprint density at radius 2 is 2.14 bits per heavy atom. The van der Waals surface area contributed by atoms with E-state index in [4.69, 9.17) is 0 Å². The van der Waals surface area contributed by atoms with Gasteiger partial charge in [0, 0.05) is 28.3 Å². The van der Waals surface area contributed by atoms with Crippen LogP contribution in [-0.2, 0) is 0 Å². The Bertz CT molecular complexity index is 566. The molecule has 2 rings (SSSR count). The first kappa shape index (κ1) is 16.1. The molecule has 21 heavy (non-hydrogen) atoms. The smallest absolute Gasteiger partial charge is 0.270 e. The second kappa shape index (κ2) is 7.15. The van der Waals surface area contributed by atoms with Gasteiger partial charge in [-0.1, -0.05) is 13.8 Å². The minimum Gasteiger partial charge on any atom is -0.396 e. The van der Waals surface area contributed by atoms with Crippen LogP contribution in [0.25, 0.3) is 10.6 Å². The molecule has 0 saturated carbocycles. The molecule has 0 radical (unpaired) electrons. The highest BCUT2D eigenvalue weighted by Gasteiger charge is 2.26. The molecule has 0 atom stereocenters. The van der Waals surface area contributed by atoms with Gasteiger partial charge in [-0.2, -0.15) is 11.3 Å². The number of rotatable bonds is 7. The second-order valence-corrected chi connectivity index (χ2v) is 6.74. The number of nitrogens with one attached hydrogen (secondary N) is 1. The molecule has 0 unspecified atom stereocenters. The van der Waals surface area contributed by atoms with Gasteiger partial charge in [0.15, 0.2) is 0 Å². The largest absolute Gasteiger partial charge is 0.396 e. The van der Waals surface area contributed by atoms with Crippen molar-refractivity contribution in [3.05, 3.63) is 27.9 Å². The Morgan fingerprint density at radius 1 is 1.38 bits per heavy atom. The third-order valence-electron chi connectivity index (χ3n) is 3.96. The molecular formula is C15H20N2O2S2. The van der Waals surface area contributed by atoms with Crippen molar-refractivity contribution in [2.45, 2.75) is 26.7 Å². The van der Waals surface area contributed by atoms with Gasteiger partial charge in [0.05, 0.1) is 6.61 Å². The van der Waals surface area contributed by atoms with Crippen LogP contribution in [0.3, 0.4) is 0 Å². The Kier molecular flexibility index (Phi) is 5.50.